The van der Waals surface area contributed by atoms with E-state index in [1.807, 2.05) is 0 Å². The van der Waals surface area contributed by atoms with Gasteiger partial charge >= 0.3 is 5.97 Å². The summed E-state index contributed by atoms with van der Waals surface area (Å²) in [5, 5.41) is 2.76. The summed E-state index contributed by atoms with van der Waals surface area (Å²) in [5.41, 5.74) is 0. The first kappa shape index (κ1) is 21.8. The number of carbonyl (C=O) groups is 2. The quantitative estimate of drug-likeness (QED) is 0.598. The van der Waals surface area contributed by atoms with E-state index >= 15 is 0 Å². The maximum Gasteiger partial charge on any atom is 0.307 e. The first-order chi connectivity index (χ1) is 13.1. The summed E-state index contributed by atoms with van der Waals surface area (Å²) in [6.45, 7) is 2.87. The summed E-state index contributed by atoms with van der Waals surface area (Å²) in [6, 6.07) is 3.05. The number of sulfonamides is 1. The smallest absolute Gasteiger partial charge is 0.307 e. The number of carbonyl (C=O) groups excluding carboxylic acids is 2. The molecule has 0 aliphatic rings. The van der Waals surface area contributed by atoms with E-state index in [0.29, 0.717) is 10.8 Å². The van der Waals surface area contributed by atoms with Crippen LogP contribution >= 0.6 is 11.6 Å². The normalized spacial score (nSPS) is 12.4. The molecule has 0 bridgehead atoms. The van der Waals surface area contributed by atoms with Crippen LogP contribution in [0.1, 0.15) is 19.2 Å². The number of pyridine rings is 1. The number of rotatable bonds is 8. The monoisotopic (exact) mass is 429 g/mol. The van der Waals surface area contributed by atoms with Gasteiger partial charge in [-0.2, -0.15) is 0 Å². The van der Waals surface area contributed by atoms with Crippen molar-refractivity contribution >= 4 is 39.3 Å². The van der Waals surface area contributed by atoms with E-state index in [2.05, 4.69) is 20.0 Å². The van der Waals surface area contributed by atoms with Crippen LogP contribution in [0.2, 0.25) is 5.02 Å². The highest BCUT2D eigenvalue weighted by Crippen LogP contribution is 2.10. The number of nitrogens with zero attached hydrogens (tertiary/aromatic N) is 3. The second-order valence-electron chi connectivity index (χ2n) is 5.87. The zero-order valence-corrected chi connectivity index (χ0v) is 17.0. The van der Waals surface area contributed by atoms with Crippen LogP contribution in [0.5, 0.6) is 0 Å². The number of amides is 1. The number of hydrogen-bond donors (Lipinski definition) is 2. The highest BCUT2D eigenvalue weighted by Gasteiger charge is 2.21. The Hall–Kier alpha value is -2.50. The standard InChI is InChI=1S/C16H20ClN5O5S/c1-10(16(24)21-13-5-4-12(17)8-18-13)27-15(23)6-7-19-28(25,26)14-9-22(3)11(2)20-14/h4-5,8-10,19H,6-7H2,1-3H3,(H,18,21,24). The van der Waals surface area contributed by atoms with Crippen molar-refractivity contribution in [3.8, 4) is 0 Å². The predicted molar refractivity (Wildman–Crippen MR) is 101 cm³/mol. The summed E-state index contributed by atoms with van der Waals surface area (Å²) in [6.07, 6.45) is 1.40. The Morgan fingerprint density at radius 1 is 1.36 bits per heavy atom. The molecule has 2 rings (SSSR count). The number of nitrogens with one attached hydrogen (secondary N) is 2. The Morgan fingerprint density at radius 3 is 2.64 bits per heavy atom. The van der Waals surface area contributed by atoms with Gasteiger partial charge in [-0.1, -0.05) is 11.6 Å². The fourth-order valence-electron chi connectivity index (χ4n) is 2.00. The van der Waals surface area contributed by atoms with Crippen LogP contribution in [-0.4, -0.2) is 47.5 Å². The minimum Gasteiger partial charge on any atom is -0.452 e. The Kier molecular flexibility index (Phi) is 7.11. The van der Waals surface area contributed by atoms with Crippen molar-refractivity contribution in [2.24, 2.45) is 7.05 Å². The molecule has 2 heterocycles. The van der Waals surface area contributed by atoms with Crippen LogP contribution in [0.3, 0.4) is 0 Å². The minimum atomic E-state index is -3.83. The van der Waals surface area contributed by atoms with Gasteiger partial charge in [0.25, 0.3) is 15.9 Å². The summed E-state index contributed by atoms with van der Waals surface area (Å²) in [4.78, 5) is 31.7. The molecule has 0 aromatic carbocycles. The summed E-state index contributed by atoms with van der Waals surface area (Å²) < 4.78 is 33.1. The fraction of sp³-hybridized carbons (Fsp3) is 0.375. The van der Waals surface area contributed by atoms with Crippen LogP contribution in [-0.2, 0) is 31.4 Å². The Balaban J connectivity index is 1.79. The number of esters is 1. The van der Waals surface area contributed by atoms with Crippen molar-refractivity contribution in [3.05, 3.63) is 35.4 Å². The topological polar surface area (TPSA) is 132 Å². The molecule has 10 nitrogen and oxygen atoms in total. The SMILES string of the molecule is Cc1nc(S(=O)(=O)NCCC(=O)OC(C)C(=O)Nc2ccc(Cl)cn2)cn1C. The lowest BCUT2D eigenvalue weighted by Crippen LogP contribution is -2.32. The van der Waals surface area contributed by atoms with Gasteiger partial charge in [0.2, 0.25) is 0 Å². The summed E-state index contributed by atoms with van der Waals surface area (Å²) in [7, 11) is -2.16. The number of aryl methyl sites for hydroxylation is 2. The molecule has 1 atom stereocenters. The van der Waals surface area contributed by atoms with Crippen molar-refractivity contribution in [2.45, 2.75) is 31.4 Å². The van der Waals surface area contributed by atoms with E-state index in [9.17, 15) is 18.0 Å². The van der Waals surface area contributed by atoms with E-state index in [1.165, 1.54) is 25.4 Å². The molecule has 2 N–H and O–H groups in total. The maximum absolute atomic E-state index is 12.1. The van der Waals surface area contributed by atoms with E-state index in [4.69, 9.17) is 16.3 Å². The lowest BCUT2D eigenvalue weighted by atomic mass is 10.3. The molecule has 152 valence electrons. The highest BCUT2D eigenvalue weighted by molar-refractivity contribution is 7.89. The van der Waals surface area contributed by atoms with Crippen molar-refractivity contribution in [1.82, 2.24) is 19.3 Å². The second-order valence-corrected chi connectivity index (χ2v) is 8.02. The van der Waals surface area contributed by atoms with Gasteiger partial charge in [0.15, 0.2) is 11.1 Å². The highest BCUT2D eigenvalue weighted by atomic mass is 35.5. The van der Waals surface area contributed by atoms with Gasteiger partial charge in [-0.3, -0.25) is 9.59 Å². The largest absolute Gasteiger partial charge is 0.452 e. The Labute approximate surface area is 167 Å². The van der Waals surface area contributed by atoms with Crippen LogP contribution in [0, 0.1) is 6.92 Å². The molecular weight excluding hydrogens is 410 g/mol. The average molecular weight is 430 g/mol. The molecule has 0 radical (unpaired) electrons. The van der Waals surface area contributed by atoms with Gasteiger partial charge in [0.1, 0.15) is 11.6 Å². The van der Waals surface area contributed by atoms with Gasteiger partial charge in [-0.05, 0) is 26.0 Å². The van der Waals surface area contributed by atoms with E-state index in [0.717, 1.165) is 0 Å². The van der Waals surface area contributed by atoms with Crippen molar-refractivity contribution in [3.63, 3.8) is 0 Å². The predicted octanol–water partition coefficient (Wildman–Crippen LogP) is 1.02. The number of halogens is 1. The van der Waals surface area contributed by atoms with E-state index < -0.39 is 28.0 Å². The van der Waals surface area contributed by atoms with Crippen molar-refractivity contribution in [2.75, 3.05) is 11.9 Å². The summed E-state index contributed by atoms with van der Waals surface area (Å²) >= 11 is 5.71. The van der Waals surface area contributed by atoms with Crippen LogP contribution in [0.15, 0.2) is 29.6 Å². The third-order valence-corrected chi connectivity index (χ3v) is 5.19. The van der Waals surface area contributed by atoms with Crippen molar-refractivity contribution < 1.29 is 22.7 Å². The van der Waals surface area contributed by atoms with Crippen molar-refractivity contribution in [1.29, 1.82) is 0 Å². The minimum absolute atomic E-state index is 0.135. The van der Waals surface area contributed by atoms with E-state index in [1.54, 1.807) is 24.6 Å². The number of ether oxygens (including phenoxy) is 1. The number of anilines is 1. The van der Waals surface area contributed by atoms with Gasteiger partial charge in [0, 0.05) is 26.0 Å². The lowest BCUT2D eigenvalue weighted by Gasteiger charge is -2.13. The molecule has 0 saturated heterocycles. The molecular formula is C16H20ClN5O5S. The maximum atomic E-state index is 12.1. The molecule has 0 aliphatic carbocycles. The van der Waals surface area contributed by atoms with Gasteiger partial charge < -0.3 is 14.6 Å². The first-order valence-electron chi connectivity index (χ1n) is 8.20. The molecule has 1 amide bonds. The zero-order chi connectivity index (χ0) is 20.9. The molecule has 0 saturated carbocycles. The number of imidazole rings is 1. The molecule has 0 aliphatic heterocycles. The molecule has 0 spiro atoms. The fourth-order valence-corrected chi connectivity index (χ4v) is 3.18. The number of aromatic nitrogens is 3. The van der Waals surface area contributed by atoms with Gasteiger partial charge in [-0.15, -0.1) is 0 Å². The Morgan fingerprint density at radius 2 is 2.07 bits per heavy atom. The van der Waals surface area contributed by atoms with Crippen LogP contribution in [0.4, 0.5) is 5.82 Å². The van der Waals surface area contributed by atoms with Crippen LogP contribution in [0.25, 0.3) is 0 Å². The summed E-state index contributed by atoms with van der Waals surface area (Å²) in [5.74, 6) is -0.509. The molecule has 2 aromatic rings. The van der Waals surface area contributed by atoms with Gasteiger partial charge in [-0.25, -0.2) is 23.1 Å². The first-order valence-corrected chi connectivity index (χ1v) is 10.1. The average Bonchev–Trinajstić information content (AvgIpc) is 2.96. The molecule has 28 heavy (non-hydrogen) atoms. The third-order valence-electron chi connectivity index (χ3n) is 3.64. The molecule has 2 aromatic heterocycles. The Bertz CT molecular complexity index is 939. The third kappa shape index (κ3) is 6.01. The molecule has 1 unspecified atom stereocenters. The van der Waals surface area contributed by atoms with E-state index in [-0.39, 0.29) is 23.8 Å². The lowest BCUT2D eigenvalue weighted by molar-refractivity contribution is -0.152. The number of hydrogen-bond acceptors (Lipinski definition) is 7. The van der Waals surface area contributed by atoms with Crippen LogP contribution < -0.4 is 10.0 Å². The molecule has 12 heteroatoms. The zero-order valence-electron chi connectivity index (χ0n) is 15.5. The molecule has 0 fully saturated rings. The van der Waals surface area contributed by atoms with Gasteiger partial charge in [0.05, 0.1) is 11.4 Å². The second kappa shape index (κ2) is 9.13.